The van der Waals surface area contributed by atoms with Crippen LogP contribution in [0.4, 0.5) is 0 Å². The average molecular weight is 250 g/mol. The van der Waals surface area contributed by atoms with E-state index in [-0.39, 0.29) is 11.9 Å². The molecule has 0 radical (unpaired) electrons. The zero-order valence-corrected chi connectivity index (χ0v) is 11.0. The lowest BCUT2D eigenvalue weighted by Gasteiger charge is -2.39. The number of likely N-dealkylation sites (tertiary alicyclic amines) is 1. The number of rotatable bonds is 4. The van der Waals surface area contributed by atoms with E-state index in [1.807, 2.05) is 17.0 Å². The van der Waals surface area contributed by atoms with Crippen LogP contribution in [-0.2, 0) is 11.2 Å². The zero-order chi connectivity index (χ0) is 13.0. The molecule has 2 heterocycles. The Bertz CT molecular complexity index is 375. The molecule has 1 fully saturated rings. The quantitative estimate of drug-likeness (QED) is 0.886. The molecule has 1 saturated heterocycles. The van der Waals surface area contributed by atoms with Crippen molar-refractivity contribution in [2.24, 2.45) is 11.7 Å². The van der Waals surface area contributed by atoms with Gasteiger partial charge in [0.25, 0.3) is 0 Å². The van der Waals surface area contributed by atoms with Crippen molar-refractivity contribution in [3.8, 4) is 0 Å². The Labute approximate surface area is 108 Å². The predicted octanol–water partition coefficient (Wildman–Crippen LogP) is 1.80. The third-order valence-electron chi connectivity index (χ3n) is 3.84. The van der Waals surface area contributed by atoms with Crippen molar-refractivity contribution in [3.05, 3.63) is 24.2 Å². The van der Waals surface area contributed by atoms with Crippen LogP contribution in [0.5, 0.6) is 0 Å². The third-order valence-corrected chi connectivity index (χ3v) is 3.84. The molecule has 2 N–H and O–H groups in total. The molecule has 2 atom stereocenters. The van der Waals surface area contributed by atoms with Crippen LogP contribution in [0.25, 0.3) is 0 Å². The van der Waals surface area contributed by atoms with E-state index in [0.29, 0.717) is 25.3 Å². The molecule has 100 valence electrons. The van der Waals surface area contributed by atoms with Crippen LogP contribution < -0.4 is 5.73 Å². The zero-order valence-electron chi connectivity index (χ0n) is 11.0. The molecule has 2 unspecified atom stereocenters. The molecule has 4 nitrogen and oxygen atoms in total. The number of furan rings is 1. The molecule has 1 aromatic heterocycles. The van der Waals surface area contributed by atoms with Crippen molar-refractivity contribution in [1.82, 2.24) is 4.90 Å². The van der Waals surface area contributed by atoms with Gasteiger partial charge in [0.2, 0.25) is 5.91 Å². The minimum atomic E-state index is 0.202. The number of carbonyl (C=O) groups is 1. The Morgan fingerprint density at radius 1 is 1.61 bits per heavy atom. The number of piperidine rings is 1. The summed E-state index contributed by atoms with van der Waals surface area (Å²) < 4.78 is 5.25. The van der Waals surface area contributed by atoms with Crippen molar-refractivity contribution < 1.29 is 9.21 Å². The lowest BCUT2D eigenvalue weighted by molar-refractivity contribution is -0.136. The molecular formula is C14H22N2O2. The number of amides is 1. The largest absolute Gasteiger partial charge is 0.469 e. The third kappa shape index (κ3) is 2.93. The first-order valence-electron chi connectivity index (χ1n) is 6.74. The molecule has 0 aromatic carbocycles. The van der Waals surface area contributed by atoms with E-state index in [0.717, 1.165) is 18.7 Å². The Hall–Kier alpha value is -1.29. The highest BCUT2D eigenvalue weighted by Gasteiger charge is 2.30. The number of aryl methyl sites for hydroxylation is 1. The molecule has 0 aliphatic carbocycles. The fraction of sp³-hybridized carbons (Fsp3) is 0.643. The number of carbonyl (C=O) groups excluding carboxylic acids is 1. The monoisotopic (exact) mass is 250 g/mol. The molecule has 0 saturated carbocycles. The van der Waals surface area contributed by atoms with Gasteiger partial charge in [0, 0.05) is 32.0 Å². The van der Waals surface area contributed by atoms with Crippen molar-refractivity contribution >= 4 is 5.91 Å². The van der Waals surface area contributed by atoms with Gasteiger partial charge in [-0.2, -0.15) is 0 Å². The summed E-state index contributed by atoms with van der Waals surface area (Å²) in [6.45, 7) is 3.60. The first kappa shape index (κ1) is 13.1. The van der Waals surface area contributed by atoms with Gasteiger partial charge >= 0.3 is 0 Å². The molecular weight excluding hydrogens is 228 g/mol. The molecule has 1 amide bonds. The SMILES string of the molecule is CC1CCCN(C(=O)CCc2ccco2)C1CN. The first-order valence-corrected chi connectivity index (χ1v) is 6.74. The number of hydrogen-bond donors (Lipinski definition) is 1. The van der Waals surface area contributed by atoms with Crippen LogP contribution in [0.2, 0.25) is 0 Å². The average Bonchev–Trinajstić information content (AvgIpc) is 2.88. The molecule has 1 aliphatic rings. The maximum absolute atomic E-state index is 12.2. The maximum atomic E-state index is 12.2. The standard InChI is InChI=1S/C14H22N2O2/c1-11-4-2-8-16(13(11)10-15)14(17)7-6-12-5-3-9-18-12/h3,5,9,11,13H,2,4,6-8,10,15H2,1H3. The van der Waals surface area contributed by atoms with Gasteiger partial charge in [-0.3, -0.25) is 4.79 Å². The molecule has 4 heteroatoms. The fourth-order valence-electron chi connectivity index (χ4n) is 2.75. The van der Waals surface area contributed by atoms with Crippen LogP contribution in [0.3, 0.4) is 0 Å². The molecule has 18 heavy (non-hydrogen) atoms. The van der Waals surface area contributed by atoms with Crippen molar-refractivity contribution in [2.75, 3.05) is 13.1 Å². The van der Waals surface area contributed by atoms with Gasteiger partial charge in [0.1, 0.15) is 5.76 Å². The minimum Gasteiger partial charge on any atom is -0.469 e. The second-order valence-electron chi connectivity index (χ2n) is 5.09. The summed E-state index contributed by atoms with van der Waals surface area (Å²) in [6.07, 6.45) is 5.09. The van der Waals surface area contributed by atoms with Crippen LogP contribution >= 0.6 is 0 Å². The summed E-state index contributed by atoms with van der Waals surface area (Å²) in [6, 6.07) is 3.97. The Morgan fingerprint density at radius 2 is 2.44 bits per heavy atom. The lowest BCUT2D eigenvalue weighted by Crippen LogP contribution is -2.51. The maximum Gasteiger partial charge on any atom is 0.223 e. The predicted molar refractivity (Wildman–Crippen MR) is 70.0 cm³/mol. The summed E-state index contributed by atoms with van der Waals surface area (Å²) in [4.78, 5) is 14.2. The molecule has 1 aliphatic heterocycles. The van der Waals surface area contributed by atoms with Crippen molar-refractivity contribution in [3.63, 3.8) is 0 Å². The van der Waals surface area contributed by atoms with E-state index >= 15 is 0 Å². The van der Waals surface area contributed by atoms with Crippen LogP contribution in [0.1, 0.15) is 31.9 Å². The summed E-state index contributed by atoms with van der Waals surface area (Å²) in [5.74, 6) is 1.59. The van der Waals surface area contributed by atoms with Crippen molar-refractivity contribution in [2.45, 2.75) is 38.6 Å². The van der Waals surface area contributed by atoms with E-state index in [2.05, 4.69) is 6.92 Å². The van der Waals surface area contributed by atoms with Gasteiger partial charge < -0.3 is 15.1 Å². The van der Waals surface area contributed by atoms with Crippen LogP contribution in [-0.4, -0.2) is 29.9 Å². The minimum absolute atomic E-state index is 0.202. The second-order valence-corrected chi connectivity index (χ2v) is 5.09. The summed E-state index contributed by atoms with van der Waals surface area (Å²) in [5.41, 5.74) is 5.80. The van der Waals surface area contributed by atoms with E-state index < -0.39 is 0 Å². The van der Waals surface area contributed by atoms with Gasteiger partial charge in [0.15, 0.2) is 0 Å². The van der Waals surface area contributed by atoms with E-state index in [1.165, 1.54) is 6.42 Å². The van der Waals surface area contributed by atoms with E-state index in [1.54, 1.807) is 6.26 Å². The van der Waals surface area contributed by atoms with E-state index in [9.17, 15) is 4.79 Å². The van der Waals surface area contributed by atoms with Gasteiger partial charge in [-0.25, -0.2) is 0 Å². The Balaban J connectivity index is 1.90. The first-order chi connectivity index (χ1) is 8.72. The van der Waals surface area contributed by atoms with Crippen LogP contribution in [0.15, 0.2) is 22.8 Å². The highest BCUT2D eigenvalue weighted by Crippen LogP contribution is 2.23. The molecule has 0 bridgehead atoms. The normalized spacial score (nSPS) is 24.2. The topological polar surface area (TPSA) is 59.5 Å². The van der Waals surface area contributed by atoms with Crippen molar-refractivity contribution in [1.29, 1.82) is 0 Å². The summed E-state index contributed by atoms with van der Waals surface area (Å²) >= 11 is 0. The molecule has 1 aromatic rings. The molecule has 0 spiro atoms. The van der Waals surface area contributed by atoms with Gasteiger partial charge in [0.05, 0.1) is 6.26 Å². The summed E-state index contributed by atoms with van der Waals surface area (Å²) in [5, 5.41) is 0. The van der Waals surface area contributed by atoms with E-state index in [4.69, 9.17) is 10.2 Å². The number of hydrogen-bond acceptors (Lipinski definition) is 3. The lowest BCUT2D eigenvalue weighted by atomic mass is 9.90. The fourth-order valence-corrected chi connectivity index (χ4v) is 2.75. The van der Waals surface area contributed by atoms with Crippen LogP contribution in [0, 0.1) is 5.92 Å². The second kappa shape index (κ2) is 6.05. The number of nitrogens with zero attached hydrogens (tertiary/aromatic N) is 1. The smallest absolute Gasteiger partial charge is 0.223 e. The van der Waals surface area contributed by atoms with Gasteiger partial charge in [-0.05, 0) is 30.9 Å². The number of nitrogens with two attached hydrogens (primary N) is 1. The summed E-state index contributed by atoms with van der Waals surface area (Å²) in [7, 11) is 0. The van der Waals surface area contributed by atoms with Gasteiger partial charge in [-0.15, -0.1) is 0 Å². The Kier molecular flexibility index (Phi) is 4.42. The van der Waals surface area contributed by atoms with Gasteiger partial charge in [-0.1, -0.05) is 6.92 Å². The highest BCUT2D eigenvalue weighted by atomic mass is 16.3. The Morgan fingerprint density at radius 3 is 3.11 bits per heavy atom. The highest BCUT2D eigenvalue weighted by molar-refractivity contribution is 5.76. The molecule has 2 rings (SSSR count).